The van der Waals surface area contributed by atoms with Crippen molar-refractivity contribution in [1.82, 2.24) is 29.5 Å². The predicted octanol–water partition coefficient (Wildman–Crippen LogP) is 2.02. The van der Waals surface area contributed by atoms with Gasteiger partial charge in [0.15, 0.2) is 11.5 Å². The van der Waals surface area contributed by atoms with E-state index in [0.29, 0.717) is 17.5 Å². The summed E-state index contributed by atoms with van der Waals surface area (Å²) in [4.78, 5) is 8.67. The lowest BCUT2D eigenvalue weighted by Crippen LogP contribution is -2.06. The number of aromatic nitrogens is 6. The van der Waals surface area contributed by atoms with Gasteiger partial charge in [-0.25, -0.2) is 9.97 Å². The Balaban J connectivity index is 2.04. The van der Waals surface area contributed by atoms with Gasteiger partial charge in [-0.3, -0.25) is 9.36 Å². The molecule has 0 saturated carbocycles. The lowest BCUT2D eigenvalue weighted by atomic mass is 10.4. The number of rotatable bonds is 2. The van der Waals surface area contributed by atoms with Crippen molar-refractivity contribution in [2.24, 2.45) is 7.05 Å². The summed E-state index contributed by atoms with van der Waals surface area (Å²) < 4.78 is 4.32. The third-order valence-corrected chi connectivity index (χ3v) is 3.19. The van der Waals surface area contributed by atoms with Gasteiger partial charge in [0.05, 0.1) is 22.3 Å². The molecule has 0 unspecified atom stereocenters. The average molecular weight is 328 g/mol. The van der Waals surface area contributed by atoms with Crippen molar-refractivity contribution in [2.45, 2.75) is 6.54 Å². The van der Waals surface area contributed by atoms with E-state index in [1.165, 1.54) is 0 Å². The average Bonchev–Trinajstić information content (AvgIpc) is 2.87. The quantitative estimate of drug-likeness (QED) is 0.676. The van der Waals surface area contributed by atoms with Crippen molar-refractivity contribution in [3.63, 3.8) is 0 Å². The smallest absolute Gasteiger partial charge is 0.162 e. The van der Waals surface area contributed by atoms with E-state index < -0.39 is 0 Å². The summed E-state index contributed by atoms with van der Waals surface area (Å²) >= 11 is 9.44. The largest absolute Gasteiger partial charge is 0.264 e. The summed E-state index contributed by atoms with van der Waals surface area (Å²) in [6.07, 6.45) is 5.22. The van der Waals surface area contributed by atoms with Gasteiger partial charge in [-0.1, -0.05) is 11.6 Å². The summed E-state index contributed by atoms with van der Waals surface area (Å²) in [5, 5.41) is 9.43. The first kappa shape index (κ1) is 11.6. The summed E-state index contributed by atoms with van der Waals surface area (Å²) in [7, 11) is 1.82. The molecule has 92 valence electrons. The van der Waals surface area contributed by atoms with Crippen LogP contribution in [0.5, 0.6) is 0 Å². The molecule has 3 aromatic heterocycles. The topological polar surface area (TPSA) is 61.4 Å². The number of nitrogens with zero attached hydrogens (tertiary/aromatic N) is 6. The fourth-order valence-corrected chi connectivity index (χ4v) is 2.23. The first-order valence-corrected chi connectivity index (χ1v) is 6.32. The van der Waals surface area contributed by atoms with Crippen LogP contribution in [0.1, 0.15) is 5.82 Å². The molecule has 0 spiro atoms. The van der Waals surface area contributed by atoms with Crippen molar-refractivity contribution in [3.05, 3.63) is 34.0 Å². The number of aryl methyl sites for hydroxylation is 1. The Labute approximate surface area is 116 Å². The van der Waals surface area contributed by atoms with Crippen molar-refractivity contribution in [2.75, 3.05) is 0 Å². The van der Waals surface area contributed by atoms with Crippen LogP contribution in [0.15, 0.2) is 23.1 Å². The molecule has 0 aliphatic carbocycles. The normalized spacial score (nSPS) is 11.3. The highest BCUT2D eigenvalue weighted by Gasteiger charge is 2.10. The molecule has 8 heteroatoms. The van der Waals surface area contributed by atoms with Gasteiger partial charge >= 0.3 is 0 Å². The van der Waals surface area contributed by atoms with Gasteiger partial charge in [0.25, 0.3) is 0 Å². The first-order chi connectivity index (χ1) is 8.63. The van der Waals surface area contributed by atoms with Gasteiger partial charge in [-0.15, -0.1) is 0 Å². The zero-order valence-corrected chi connectivity index (χ0v) is 11.7. The SMILES string of the molecule is Cn1ncc2c(Cl)nc(Cn3cc(Br)cn3)nc21. The zero-order valence-electron chi connectivity index (χ0n) is 9.38. The van der Waals surface area contributed by atoms with Crippen molar-refractivity contribution in [3.8, 4) is 0 Å². The molecular weight excluding hydrogens is 320 g/mol. The number of halogens is 2. The third-order valence-electron chi connectivity index (χ3n) is 2.50. The second kappa shape index (κ2) is 4.33. The fourth-order valence-electron chi connectivity index (χ4n) is 1.67. The van der Waals surface area contributed by atoms with Gasteiger partial charge in [0.2, 0.25) is 0 Å². The van der Waals surface area contributed by atoms with Crippen LogP contribution in [0.3, 0.4) is 0 Å². The molecule has 18 heavy (non-hydrogen) atoms. The van der Waals surface area contributed by atoms with Crippen LogP contribution in [-0.4, -0.2) is 29.5 Å². The highest BCUT2D eigenvalue weighted by molar-refractivity contribution is 9.10. The number of fused-ring (bicyclic) bond motifs is 1. The molecule has 0 amide bonds. The van der Waals surface area contributed by atoms with E-state index >= 15 is 0 Å². The van der Waals surface area contributed by atoms with Gasteiger partial charge in [0, 0.05) is 13.2 Å². The van der Waals surface area contributed by atoms with E-state index in [4.69, 9.17) is 11.6 Å². The number of hydrogen-bond donors (Lipinski definition) is 0. The van der Waals surface area contributed by atoms with E-state index in [-0.39, 0.29) is 0 Å². The molecule has 3 rings (SSSR count). The van der Waals surface area contributed by atoms with E-state index in [1.807, 2.05) is 13.2 Å². The van der Waals surface area contributed by atoms with Crippen LogP contribution in [0.4, 0.5) is 0 Å². The van der Waals surface area contributed by atoms with E-state index in [1.54, 1.807) is 21.8 Å². The van der Waals surface area contributed by atoms with Crippen molar-refractivity contribution in [1.29, 1.82) is 0 Å². The van der Waals surface area contributed by atoms with Crippen LogP contribution in [0.25, 0.3) is 11.0 Å². The highest BCUT2D eigenvalue weighted by atomic mass is 79.9. The monoisotopic (exact) mass is 326 g/mol. The van der Waals surface area contributed by atoms with Crippen LogP contribution in [0.2, 0.25) is 5.15 Å². The maximum atomic E-state index is 6.10. The molecule has 3 aromatic rings. The molecule has 0 bridgehead atoms. The maximum absolute atomic E-state index is 6.10. The van der Waals surface area contributed by atoms with Gasteiger partial charge in [-0.2, -0.15) is 10.2 Å². The van der Waals surface area contributed by atoms with Crippen LogP contribution in [-0.2, 0) is 13.6 Å². The van der Waals surface area contributed by atoms with Crippen molar-refractivity contribution < 1.29 is 0 Å². The maximum Gasteiger partial charge on any atom is 0.162 e. The molecule has 0 aromatic carbocycles. The minimum absolute atomic E-state index is 0.411. The molecule has 0 saturated heterocycles. The van der Waals surface area contributed by atoms with E-state index in [2.05, 4.69) is 36.1 Å². The summed E-state index contributed by atoms with van der Waals surface area (Å²) in [5.74, 6) is 0.603. The molecule has 3 heterocycles. The van der Waals surface area contributed by atoms with Crippen LogP contribution < -0.4 is 0 Å². The molecule has 0 atom stereocenters. The van der Waals surface area contributed by atoms with Crippen LogP contribution in [0, 0.1) is 0 Å². The molecule has 0 radical (unpaired) electrons. The van der Waals surface area contributed by atoms with Crippen molar-refractivity contribution >= 4 is 38.6 Å². The van der Waals surface area contributed by atoms with Gasteiger partial charge in [-0.05, 0) is 15.9 Å². The lowest BCUT2D eigenvalue weighted by Gasteiger charge is -2.02. The summed E-state index contributed by atoms with van der Waals surface area (Å²) in [5.41, 5.74) is 0.719. The molecule has 0 N–H and O–H groups in total. The first-order valence-electron chi connectivity index (χ1n) is 5.15. The Kier molecular flexibility index (Phi) is 2.79. The Morgan fingerprint density at radius 3 is 2.83 bits per heavy atom. The Bertz CT molecular complexity index is 718. The van der Waals surface area contributed by atoms with E-state index in [0.717, 1.165) is 15.5 Å². The molecule has 6 nitrogen and oxygen atoms in total. The molecular formula is C10H8BrClN6. The third kappa shape index (κ3) is 1.99. The predicted molar refractivity (Wildman–Crippen MR) is 70.3 cm³/mol. The lowest BCUT2D eigenvalue weighted by molar-refractivity contribution is 0.654. The van der Waals surface area contributed by atoms with Gasteiger partial charge in [0.1, 0.15) is 11.7 Å². The molecule has 0 aliphatic heterocycles. The standard InChI is InChI=1S/C10H8BrClN6/c1-17-10-7(3-13-17)9(12)15-8(16-10)5-18-4-6(11)2-14-18/h2-4H,5H2,1H3. The minimum atomic E-state index is 0.411. The summed E-state index contributed by atoms with van der Waals surface area (Å²) in [6, 6.07) is 0. The number of hydrogen-bond acceptors (Lipinski definition) is 4. The molecule has 0 aliphatic rings. The zero-order chi connectivity index (χ0) is 12.7. The van der Waals surface area contributed by atoms with E-state index in [9.17, 15) is 0 Å². The molecule has 0 fully saturated rings. The van der Waals surface area contributed by atoms with Gasteiger partial charge < -0.3 is 0 Å². The Morgan fingerprint density at radius 2 is 2.11 bits per heavy atom. The minimum Gasteiger partial charge on any atom is -0.264 e. The fraction of sp³-hybridized carbons (Fsp3) is 0.200. The Morgan fingerprint density at radius 1 is 1.28 bits per heavy atom. The second-order valence-corrected chi connectivity index (χ2v) is 5.07. The summed E-state index contributed by atoms with van der Waals surface area (Å²) in [6.45, 7) is 0.465. The Hall–Kier alpha value is -1.47. The van der Waals surface area contributed by atoms with Crippen LogP contribution >= 0.6 is 27.5 Å². The highest BCUT2D eigenvalue weighted by Crippen LogP contribution is 2.19. The second-order valence-electron chi connectivity index (χ2n) is 3.79.